The second kappa shape index (κ2) is 8.34. The van der Waals surface area contributed by atoms with E-state index in [0.29, 0.717) is 44.0 Å². The van der Waals surface area contributed by atoms with Crippen LogP contribution in [0.4, 0.5) is 0 Å². The fourth-order valence-electron chi connectivity index (χ4n) is 4.61. The van der Waals surface area contributed by atoms with Crippen LogP contribution >= 0.6 is 0 Å². The number of aryl methyl sites for hydroxylation is 1. The fraction of sp³-hybridized carbons (Fsp3) is 0.667. The van der Waals surface area contributed by atoms with Crippen LogP contribution in [0.15, 0.2) is 29.2 Å². The van der Waals surface area contributed by atoms with Crippen LogP contribution in [0.3, 0.4) is 0 Å². The van der Waals surface area contributed by atoms with Crippen LogP contribution in [-0.2, 0) is 19.6 Å². The standard InChI is InChI=1S/C21H31N3O4S/c1-17-3-5-19(6-4-17)29(26,27)24-11-7-18(8-12-24)22-20(25)21(9-2-10-21)23-13-15-28-16-14-23/h3-6,18H,2,7-16H2,1H3,(H,22,25). The largest absolute Gasteiger partial charge is 0.379 e. The summed E-state index contributed by atoms with van der Waals surface area (Å²) >= 11 is 0. The molecule has 2 aliphatic heterocycles. The number of sulfonamides is 1. The molecule has 1 saturated carbocycles. The van der Waals surface area contributed by atoms with Gasteiger partial charge in [-0.25, -0.2) is 8.42 Å². The van der Waals surface area contributed by atoms with Gasteiger partial charge in [0.15, 0.2) is 0 Å². The van der Waals surface area contributed by atoms with Gasteiger partial charge in [-0.1, -0.05) is 17.7 Å². The molecule has 2 heterocycles. The molecule has 1 aromatic rings. The minimum atomic E-state index is -3.47. The van der Waals surface area contributed by atoms with Crippen molar-refractivity contribution in [3.63, 3.8) is 0 Å². The number of amides is 1. The number of nitrogens with one attached hydrogen (secondary N) is 1. The van der Waals surface area contributed by atoms with E-state index in [1.54, 1.807) is 16.4 Å². The number of carbonyl (C=O) groups is 1. The van der Waals surface area contributed by atoms with Gasteiger partial charge in [-0.15, -0.1) is 0 Å². The number of morpholine rings is 1. The van der Waals surface area contributed by atoms with Gasteiger partial charge in [0.25, 0.3) is 0 Å². The summed E-state index contributed by atoms with van der Waals surface area (Å²) in [4.78, 5) is 15.7. The first kappa shape index (κ1) is 20.8. The van der Waals surface area contributed by atoms with E-state index in [-0.39, 0.29) is 17.5 Å². The van der Waals surface area contributed by atoms with E-state index < -0.39 is 10.0 Å². The molecule has 0 unspecified atom stereocenters. The second-order valence-electron chi connectivity index (χ2n) is 8.45. The Labute approximate surface area is 173 Å². The van der Waals surface area contributed by atoms with Gasteiger partial charge in [-0.2, -0.15) is 4.31 Å². The monoisotopic (exact) mass is 421 g/mol. The van der Waals surface area contributed by atoms with Crippen LogP contribution in [0.2, 0.25) is 0 Å². The highest BCUT2D eigenvalue weighted by atomic mass is 32.2. The third-order valence-electron chi connectivity index (χ3n) is 6.67. The van der Waals surface area contributed by atoms with Crippen molar-refractivity contribution in [2.45, 2.75) is 55.5 Å². The van der Waals surface area contributed by atoms with Crippen LogP contribution < -0.4 is 5.32 Å². The van der Waals surface area contributed by atoms with Gasteiger partial charge in [-0.3, -0.25) is 9.69 Å². The second-order valence-corrected chi connectivity index (χ2v) is 10.4. The van der Waals surface area contributed by atoms with Crippen LogP contribution in [-0.4, -0.2) is 74.5 Å². The van der Waals surface area contributed by atoms with Gasteiger partial charge >= 0.3 is 0 Å². The molecule has 3 fully saturated rings. The van der Waals surface area contributed by atoms with Gasteiger partial charge in [0.2, 0.25) is 15.9 Å². The normalized spacial score (nSPS) is 24.0. The Kier molecular flexibility index (Phi) is 5.97. The number of hydrogen-bond donors (Lipinski definition) is 1. The van der Waals surface area contributed by atoms with E-state index in [9.17, 15) is 13.2 Å². The molecule has 0 bridgehead atoms. The van der Waals surface area contributed by atoms with Crippen molar-refractivity contribution in [3.05, 3.63) is 29.8 Å². The SMILES string of the molecule is Cc1ccc(S(=O)(=O)N2CCC(NC(=O)C3(N4CCOCC4)CCC3)CC2)cc1. The lowest BCUT2D eigenvalue weighted by molar-refractivity contribution is -0.145. The lowest BCUT2D eigenvalue weighted by Crippen LogP contribution is -2.66. The molecule has 8 heteroatoms. The Balaban J connectivity index is 1.35. The molecule has 1 N–H and O–H groups in total. The maximum absolute atomic E-state index is 13.1. The summed E-state index contributed by atoms with van der Waals surface area (Å²) in [6, 6.07) is 7.01. The lowest BCUT2D eigenvalue weighted by Gasteiger charge is -2.50. The molecule has 3 aliphatic rings. The zero-order chi connectivity index (χ0) is 20.5. The van der Waals surface area contributed by atoms with Crippen molar-refractivity contribution in [3.8, 4) is 0 Å². The molecule has 160 valence electrons. The number of hydrogen-bond acceptors (Lipinski definition) is 5. The zero-order valence-electron chi connectivity index (χ0n) is 17.1. The number of rotatable bonds is 5. The van der Waals surface area contributed by atoms with E-state index in [2.05, 4.69) is 10.2 Å². The number of ether oxygens (including phenoxy) is 1. The molecule has 1 aliphatic carbocycles. The minimum absolute atomic E-state index is 0.0329. The Morgan fingerprint density at radius 2 is 1.69 bits per heavy atom. The molecule has 0 atom stereocenters. The van der Waals surface area contributed by atoms with Gasteiger partial charge in [0.05, 0.1) is 18.1 Å². The number of carbonyl (C=O) groups excluding carboxylic acids is 1. The number of benzene rings is 1. The van der Waals surface area contributed by atoms with Crippen molar-refractivity contribution in [2.24, 2.45) is 0 Å². The van der Waals surface area contributed by atoms with Crippen molar-refractivity contribution < 1.29 is 17.9 Å². The highest BCUT2D eigenvalue weighted by Gasteiger charge is 2.49. The van der Waals surface area contributed by atoms with Gasteiger partial charge in [0.1, 0.15) is 5.54 Å². The van der Waals surface area contributed by atoms with Crippen LogP contribution in [0.25, 0.3) is 0 Å². The van der Waals surface area contributed by atoms with E-state index in [0.717, 1.165) is 37.9 Å². The van der Waals surface area contributed by atoms with Crippen molar-refractivity contribution in [2.75, 3.05) is 39.4 Å². The summed E-state index contributed by atoms with van der Waals surface area (Å²) in [6.07, 6.45) is 4.18. The third kappa shape index (κ3) is 4.08. The third-order valence-corrected chi connectivity index (χ3v) is 8.58. The van der Waals surface area contributed by atoms with Gasteiger partial charge < -0.3 is 10.1 Å². The molecule has 0 radical (unpaired) electrons. The Morgan fingerprint density at radius 1 is 1.07 bits per heavy atom. The van der Waals surface area contributed by atoms with E-state index in [4.69, 9.17) is 4.74 Å². The summed E-state index contributed by atoms with van der Waals surface area (Å²) in [5, 5.41) is 3.24. The molecular weight excluding hydrogens is 390 g/mol. The van der Waals surface area contributed by atoms with Crippen LogP contribution in [0.5, 0.6) is 0 Å². The number of nitrogens with zero attached hydrogens (tertiary/aromatic N) is 2. The van der Waals surface area contributed by atoms with E-state index >= 15 is 0 Å². The highest BCUT2D eigenvalue weighted by molar-refractivity contribution is 7.89. The maximum Gasteiger partial charge on any atom is 0.243 e. The van der Waals surface area contributed by atoms with Crippen molar-refractivity contribution >= 4 is 15.9 Å². The predicted octanol–water partition coefficient (Wildman–Crippen LogP) is 1.52. The van der Waals surface area contributed by atoms with Crippen molar-refractivity contribution in [1.29, 1.82) is 0 Å². The number of piperidine rings is 1. The van der Waals surface area contributed by atoms with Gasteiger partial charge in [-0.05, 0) is 51.2 Å². The Hall–Kier alpha value is -1.48. The average molecular weight is 422 g/mol. The quantitative estimate of drug-likeness (QED) is 0.780. The molecule has 2 saturated heterocycles. The molecule has 29 heavy (non-hydrogen) atoms. The molecule has 4 rings (SSSR count). The summed E-state index contributed by atoms with van der Waals surface area (Å²) in [5.41, 5.74) is 0.657. The predicted molar refractivity (Wildman–Crippen MR) is 110 cm³/mol. The van der Waals surface area contributed by atoms with Crippen LogP contribution in [0.1, 0.15) is 37.7 Å². The maximum atomic E-state index is 13.1. The Morgan fingerprint density at radius 3 is 2.24 bits per heavy atom. The minimum Gasteiger partial charge on any atom is -0.379 e. The first-order valence-electron chi connectivity index (χ1n) is 10.6. The van der Waals surface area contributed by atoms with E-state index in [1.165, 1.54) is 0 Å². The zero-order valence-corrected chi connectivity index (χ0v) is 17.9. The topological polar surface area (TPSA) is 79.0 Å². The van der Waals surface area contributed by atoms with E-state index in [1.807, 2.05) is 19.1 Å². The molecule has 1 amide bonds. The lowest BCUT2D eigenvalue weighted by atomic mass is 9.74. The first-order valence-corrected chi connectivity index (χ1v) is 12.1. The smallest absolute Gasteiger partial charge is 0.243 e. The summed E-state index contributed by atoms with van der Waals surface area (Å²) in [7, 11) is -3.47. The van der Waals surface area contributed by atoms with Crippen LogP contribution in [0, 0.1) is 6.92 Å². The molecule has 0 aromatic heterocycles. The van der Waals surface area contributed by atoms with Crippen molar-refractivity contribution in [1.82, 2.24) is 14.5 Å². The summed E-state index contributed by atoms with van der Waals surface area (Å²) in [6.45, 7) is 5.80. The Bertz CT molecular complexity index is 822. The molecule has 7 nitrogen and oxygen atoms in total. The van der Waals surface area contributed by atoms with Gasteiger partial charge in [0, 0.05) is 32.2 Å². The first-order chi connectivity index (χ1) is 13.9. The average Bonchev–Trinajstić information content (AvgIpc) is 2.69. The molecule has 0 spiro atoms. The summed E-state index contributed by atoms with van der Waals surface area (Å²) < 4.78 is 32.7. The fourth-order valence-corrected chi connectivity index (χ4v) is 6.08. The molecular formula is C21H31N3O4S. The molecule has 1 aromatic carbocycles. The highest BCUT2D eigenvalue weighted by Crippen LogP contribution is 2.38. The summed E-state index contributed by atoms with van der Waals surface area (Å²) in [5.74, 6) is 0.116.